The molecule has 0 saturated carbocycles. The smallest absolute Gasteiger partial charge is 0.0245 e. The highest BCUT2D eigenvalue weighted by atomic mass is 13.9. The minimum Gasteiger partial charge on any atom is -0.0990 e. The van der Waals surface area contributed by atoms with Crippen molar-refractivity contribution in [3.63, 3.8) is 0 Å². The van der Waals surface area contributed by atoms with Crippen LogP contribution in [0.25, 0.3) is 0 Å². The van der Waals surface area contributed by atoms with Gasteiger partial charge in [0.05, 0.1) is 0 Å². The van der Waals surface area contributed by atoms with E-state index in [1.165, 1.54) is 0 Å². The second-order valence-electron chi connectivity index (χ2n) is 2.67. The van der Waals surface area contributed by atoms with Crippen LogP contribution in [0.3, 0.4) is 0 Å². The van der Waals surface area contributed by atoms with E-state index in [2.05, 4.69) is 31.6 Å². The summed E-state index contributed by atoms with van der Waals surface area (Å²) in [7, 11) is 0. The molecular weight excluding hydrogens is 180 g/mol. The molecule has 0 unspecified atom stereocenters. The van der Waals surface area contributed by atoms with Gasteiger partial charge in [-0.05, 0) is 19.1 Å². The summed E-state index contributed by atoms with van der Waals surface area (Å²) in [5.74, 6) is 6.02. The fourth-order valence-electron chi connectivity index (χ4n) is 0.877. The largest absolute Gasteiger partial charge is 0.0990 e. The Morgan fingerprint density at radius 2 is 1.47 bits per heavy atom. The van der Waals surface area contributed by atoms with Crippen molar-refractivity contribution in [2.45, 2.75) is 6.92 Å². The van der Waals surface area contributed by atoms with Gasteiger partial charge in [0.1, 0.15) is 0 Å². The standard InChI is InChI=1S/C15H16/c1-5-9-14(8-4)12-13-15(10-6-2)11-7-3/h5-11H,1-2,4H2,3H3/b11-7-,14-9+,15-10+. The summed E-state index contributed by atoms with van der Waals surface area (Å²) in [6, 6.07) is 0. The van der Waals surface area contributed by atoms with Crippen molar-refractivity contribution in [3.8, 4) is 11.8 Å². The molecule has 0 rings (SSSR count). The van der Waals surface area contributed by atoms with Gasteiger partial charge in [0.2, 0.25) is 0 Å². The topological polar surface area (TPSA) is 0 Å². The van der Waals surface area contributed by atoms with Crippen molar-refractivity contribution in [2.75, 3.05) is 0 Å². The van der Waals surface area contributed by atoms with Gasteiger partial charge in [-0.3, -0.25) is 0 Å². The van der Waals surface area contributed by atoms with Crippen LogP contribution in [0.4, 0.5) is 0 Å². The van der Waals surface area contributed by atoms with E-state index < -0.39 is 0 Å². The second-order valence-corrected chi connectivity index (χ2v) is 2.67. The Morgan fingerprint density at radius 1 is 0.933 bits per heavy atom. The Bertz CT molecular complexity index is 376. The molecule has 0 heteroatoms. The van der Waals surface area contributed by atoms with Crippen molar-refractivity contribution >= 4 is 0 Å². The zero-order valence-electron chi connectivity index (χ0n) is 9.16. The molecule has 0 atom stereocenters. The third kappa shape index (κ3) is 6.12. The number of hydrogen-bond donors (Lipinski definition) is 0. The van der Waals surface area contributed by atoms with Gasteiger partial charge in [-0.25, -0.2) is 0 Å². The summed E-state index contributed by atoms with van der Waals surface area (Å²) >= 11 is 0. The van der Waals surface area contributed by atoms with Crippen molar-refractivity contribution in [2.24, 2.45) is 0 Å². The average Bonchev–Trinajstić information content (AvgIpc) is 2.24. The predicted octanol–water partition coefficient (Wildman–Crippen LogP) is 3.98. The first-order valence-corrected chi connectivity index (χ1v) is 4.71. The molecule has 0 aromatic heterocycles. The van der Waals surface area contributed by atoms with E-state index in [0.29, 0.717) is 0 Å². The Balaban J connectivity index is 4.95. The van der Waals surface area contributed by atoms with Gasteiger partial charge in [-0.15, -0.1) is 0 Å². The van der Waals surface area contributed by atoms with Crippen LogP contribution in [-0.4, -0.2) is 0 Å². The lowest BCUT2D eigenvalue weighted by Gasteiger charge is -1.88. The molecule has 15 heavy (non-hydrogen) atoms. The normalized spacial score (nSPS) is 11.8. The molecule has 0 aliphatic heterocycles. The van der Waals surface area contributed by atoms with Crippen molar-refractivity contribution < 1.29 is 0 Å². The van der Waals surface area contributed by atoms with Crippen LogP contribution in [0, 0.1) is 11.8 Å². The molecule has 0 aromatic rings. The van der Waals surface area contributed by atoms with Crippen LogP contribution in [0.2, 0.25) is 0 Å². The Hall–Kier alpha value is -2.00. The Morgan fingerprint density at radius 3 is 1.93 bits per heavy atom. The van der Waals surface area contributed by atoms with Gasteiger partial charge in [0.15, 0.2) is 0 Å². The monoisotopic (exact) mass is 196 g/mol. The second kappa shape index (κ2) is 8.59. The van der Waals surface area contributed by atoms with Crippen LogP contribution in [0.15, 0.2) is 73.4 Å². The van der Waals surface area contributed by atoms with Crippen LogP contribution < -0.4 is 0 Å². The lowest BCUT2D eigenvalue weighted by Crippen LogP contribution is -1.73. The first kappa shape index (κ1) is 13.0. The summed E-state index contributed by atoms with van der Waals surface area (Å²) in [4.78, 5) is 0. The Labute approximate surface area is 92.7 Å². The van der Waals surface area contributed by atoms with E-state index in [1.807, 2.05) is 31.2 Å². The zero-order valence-corrected chi connectivity index (χ0v) is 9.16. The van der Waals surface area contributed by atoms with E-state index in [1.54, 1.807) is 18.2 Å². The van der Waals surface area contributed by atoms with Gasteiger partial charge in [0, 0.05) is 11.1 Å². The number of hydrogen-bond acceptors (Lipinski definition) is 0. The highest BCUT2D eigenvalue weighted by molar-refractivity contribution is 5.48. The lowest BCUT2D eigenvalue weighted by molar-refractivity contribution is 1.66. The van der Waals surface area contributed by atoms with Gasteiger partial charge < -0.3 is 0 Å². The highest BCUT2D eigenvalue weighted by Crippen LogP contribution is 1.98. The van der Waals surface area contributed by atoms with Crippen molar-refractivity contribution in [1.82, 2.24) is 0 Å². The maximum Gasteiger partial charge on any atom is 0.0245 e. The van der Waals surface area contributed by atoms with Crippen LogP contribution >= 0.6 is 0 Å². The SMILES string of the molecule is C=C/C=C(/C#CC(/C=C\C)=C/C=C)C=C. The van der Waals surface area contributed by atoms with E-state index >= 15 is 0 Å². The predicted molar refractivity (Wildman–Crippen MR) is 69.3 cm³/mol. The summed E-state index contributed by atoms with van der Waals surface area (Å²) < 4.78 is 0. The van der Waals surface area contributed by atoms with Crippen molar-refractivity contribution in [1.29, 1.82) is 0 Å². The van der Waals surface area contributed by atoms with Crippen molar-refractivity contribution in [3.05, 3.63) is 73.4 Å². The summed E-state index contributed by atoms with van der Waals surface area (Å²) in [5.41, 5.74) is 1.77. The molecule has 76 valence electrons. The minimum atomic E-state index is 0.851. The summed E-state index contributed by atoms with van der Waals surface area (Å²) in [6.45, 7) is 12.9. The van der Waals surface area contributed by atoms with Crippen LogP contribution in [0.5, 0.6) is 0 Å². The van der Waals surface area contributed by atoms with Gasteiger partial charge in [-0.1, -0.05) is 62.0 Å². The molecule has 0 spiro atoms. The molecule has 0 fully saturated rings. The van der Waals surface area contributed by atoms with Crippen LogP contribution in [0.1, 0.15) is 6.92 Å². The van der Waals surface area contributed by atoms with E-state index in [9.17, 15) is 0 Å². The molecule has 0 aliphatic carbocycles. The molecule has 0 nitrogen and oxygen atoms in total. The molecular formula is C15H16. The molecule has 0 bridgehead atoms. The lowest BCUT2D eigenvalue weighted by atomic mass is 10.2. The molecule has 0 heterocycles. The minimum absolute atomic E-state index is 0.851. The van der Waals surface area contributed by atoms with Gasteiger partial charge in [-0.2, -0.15) is 0 Å². The van der Waals surface area contributed by atoms with E-state index in [4.69, 9.17) is 0 Å². The first-order valence-electron chi connectivity index (χ1n) is 4.71. The summed E-state index contributed by atoms with van der Waals surface area (Å²) in [6.07, 6.45) is 12.7. The molecule has 0 N–H and O–H groups in total. The molecule has 0 radical (unpaired) electrons. The third-order valence-electron chi connectivity index (χ3n) is 1.51. The quantitative estimate of drug-likeness (QED) is 0.471. The summed E-state index contributed by atoms with van der Waals surface area (Å²) in [5, 5.41) is 0. The Kier molecular flexibility index (Phi) is 7.45. The maximum absolute atomic E-state index is 3.67. The van der Waals surface area contributed by atoms with Crippen LogP contribution in [-0.2, 0) is 0 Å². The number of rotatable bonds is 4. The molecule has 0 saturated heterocycles. The van der Waals surface area contributed by atoms with E-state index in [-0.39, 0.29) is 0 Å². The van der Waals surface area contributed by atoms with Gasteiger partial charge >= 0.3 is 0 Å². The van der Waals surface area contributed by atoms with Gasteiger partial charge in [0.25, 0.3) is 0 Å². The molecule has 0 amide bonds. The fourth-order valence-corrected chi connectivity index (χ4v) is 0.877. The molecule has 0 aliphatic rings. The molecule has 0 aromatic carbocycles. The average molecular weight is 196 g/mol. The third-order valence-corrected chi connectivity index (χ3v) is 1.51. The highest BCUT2D eigenvalue weighted by Gasteiger charge is 1.83. The van der Waals surface area contributed by atoms with E-state index in [0.717, 1.165) is 11.1 Å². The zero-order chi connectivity index (χ0) is 11.5. The fraction of sp³-hybridized carbons (Fsp3) is 0.0667. The number of allylic oxidation sites excluding steroid dienone is 9. The maximum atomic E-state index is 3.67. The first-order chi connectivity index (χ1) is 7.28.